The summed E-state index contributed by atoms with van der Waals surface area (Å²) in [5, 5.41) is 0. The van der Waals surface area contributed by atoms with Gasteiger partial charge in [-0.05, 0) is 38.5 Å². The molecular formula is C15H19NO3. The van der Waals surface area contributed by atoms with Gasteiger partial charge in [0, 0.05) is 18.5 Å². The van der Waals surface area contributed by atoms with E-state index in [2.05, 4.69) is 0 Å². The maximum Gasteiger partial charge on any atom is 0.254 e. The Hall–Kier alpha value is -1.84. The highest BCUT2D eigenvalue weighted by Crippen LogP contribution is 2.26. The van der Waals surface area contributed by atoms with Gasteiger partial charge in [-0.1, -0.05) is 6.07 Å². The number of amides is 1. The number of likely N-dealkylation sites (tertiary alicyclic amines) is 1. The van der Waals surface area contributed by atoms with Crippen molar-refractivity contribution in [2.24, 2.45) is 0 Å². The highest BCUT2D eigenvalue weighted by Gasteiger charge is 2.40. The number of hydrogen-bond donors (Lipinski definition) is 0. The average molecular weight is 261 g/mol. The first-order valence-electron chi connectivity index (χ1n) is 6.46. The Kier molecular flexibility index (Phi) is 3.60. The Labute approximate surface area is 113 Å². The quantitative estimate of drug-likeness (QED) is 0.820. The van der Waals surface area contributed by atoms with Crippen LogP contribution >= 0.6 is 0 Å². The van der Waals surface area contributed by atoms with E-state index in [4.69, 9.17) is 4.74 Å². The molecule has 0 N–H and O–H groups in total. The number of nitrogens with zero attached hydrogens (tertiary/aromatic N) is 1. The fourth-order valence-corrected chi connectivity index (χ4v) is 2.40. The minimum absolute atomic E-state index is 0.114. The molecule has 0 saturated carbocycles. The van der Waals surface area contributed by atoms with Crippen LogP contribution < -0.4 is 4.74 Å². The third-order valence-electron chi connectivity index (χ3n) is 3.70. The lowest BCUT2D eigenvalue weighted by atomic mass is 9.88. The van der Waals surface area contributed by atoms with Gasteiger partial charge in [0.1, 0.15) is 5.75 Å². The van der Waals surface area contributed by atoms with Crippen LogP contribution in [0.3, 0.4) is 0 Å². The second-order valence-electron chi connectivity index (χ2n) is 5.27. The van der Waals surface area contributed by atoms with E-state index in [1.165, 1.54) is 0 Å². The zero-order valence-corrected chi connectivity index (χ0v) is 11.6. The van der Waals surface area contributed by atoms with E-state index in [0.717, 1.165) is 6.42 Å². The first-order valence-corrected chi connectivity index (χ1v) is 6.46. The van der Waals surface area contributed by atoms with Crippen molar-refractivity contribution in [3.8, 4) is 5.75 Å². The molecule has 19 heavy (non-hydrogen) atoms. The summed E-state index contributed by atoms with van der Waals surface area (Å²) < 4.78 is 5.13. The molecule has 1 saturated heterocycles. The number of hydrogen-bond acceptors (Lipinski definition) is 3. The maximum absolute atomic E-state index is 12.5. The van der Waals surface area contributed by atoms with Gasteiger partial charge in [-0.2, -0.15) is 0 Å². The Morgan fingerprint density at radius 3 is 2.79 bits per heavy atom. The van der Waals surface area contributed by atoms with Crippen molar-refractivity contribution in [3.63, 3.8) is 0 Å². The molecule has 1 aliphatic heterocycles. The molecule has 1 heterocycles. The summed E-state index contributed by atoms with van der Waals surface area (Å²) in [6.07, 6.45) is 1.28. The van der Waals surface area contributed by atoms with Crippen molar-refractivity contribution in [1.29, 1.82) is 0 Å². The topological polar surface area (TPSA) is 46.6 Å². The van der Waals surface area contributed by atoms with E-state index in [9.17, 15) is 9.59 Å². The number of ether oxygens (including phenoxy) is 1. The van der Waals surface area contributed by atoms with E-state index < -0.39 is 5.54 Å². The number of piperidine rings is 1. The number of rotatable bonds is 2. The van der Waals surface area contributed by atoms with E-state index >= 15 is 0 Å². The predicted molar refractivity (Wildman–Crippen MR) is 72.4 cm³/mol. The summed E-state index contributed by atoms with van der Waals surface area (Å²) in [4.78, 5) is 26.2. The van der Waals surface area contributed by atoms with E-state index in [0.29, 0.717) is 24.3 Å². The molecule has 0 aliphatic carbocycles. The monoisotopic (exact) mass is 261 g/mol. The van der Waals surface area contributed by atoms with Gasteiger partial charge in [0.05, 0.1) is 12.6 Å². The van der Waals surface area contributed by atoms with Crippen molar-refractivity contribution in [3.05, 3.63) is 29.8 Å². The third kappa shape index (κ3) is 2.48. The molecule has 102 valence electrons. The van der Waals surface area contributed by atoms with Crippen molar-refractivity contribution in [2.75, 3.05) is 13.7 Å². The molecule has 1 aromatic rings. The molecule has 4 nitrogen and oxygen atoms in total. The molecule has 4 heteroatoms. The second-order valence-corrected chi connectivity index (χ2v) is 5.27. The van der Waals surface area contributed by atoms with Crippen LogP contribution in [-0.4, -0.2) is 35.8 Å². The zero-order valence-electron chi connectivity index (χ0n) is 11.6. The van der Waals surface area contributed by atoms with Crippen LogP contribution in [-0.2, 0) is 4.79 Å². The van der Waals surface area contributed by atoms with E-state index in [-0.39, 0.29) is 11.7 Å². The molecule has 0 spiro atoms. The van der Waals surface area contributed by atoms with E-state index in [1.807, 2.05) is 13.8 Å². The van der Waals surface area contributed by atoms with Crippen LogP contribution in [0.15, 0.2) is 24.3 Å². The van der Waals surface area contributed by atoms with Crippen LogP contribution in [0.2, 0.25) is 0 Å². The lowest BCUT2D eigenvalue weighted by Gasteiger charge is -2.41. The summed E-state index contributed by atoms with van der Waals surface area (Å²) in [6, 6.07) is 7.03. The van der Waals surface area contributed by atoms with E-state index in [1.54, 1.807) is 36.3 Å². The lowest BCUT2D eigenvalue weighted by molar-refractivity contribution is -0.130. The van der Waals surface area contributed by atoms with Gasteiger partial charge in [-0.25, -0.2) is 0 Å². The summed E-state index contributed by atoms with van der Waals surface area (Å²) in [6.45, 7) is 4.24. The largest absolute Gasteiger partial charge is 0.497 e. The molecule has 0 bridgehead atoms. The van der Waals surface area contributed by atoms with Crippen molar-refractivity contribution in [1.82, 2.24) is 4.90 Å². The summed E-state index contributed by atoms with van der Waals surface area (Å²) >= 11 is 0. The van der Waals surface area contributed by atoms with Crippen molar-refractivity contribution < 1.29 is 14.3 Å². The Morgan fingerprint density at radius 2 is 2.11 bits per heavy atom. The Balaban J connectivity index is 2.30. The first-order chi connectivity index (χ1) is 8.96. The van der Waals surface area contributed by atoms with Gasteiger partial charge in [-0.3, -0.25) is 9.59 Å². The minimum atomic E-state index is -0.724. The smallest absolute Gasteiger partial charge is 0.254 e. The average Bonchev–Trinajstić information content (AvgIpc) is 2.41. The van der Waals surface area contributed by atoms with Gasteiger partial charge >= 0.3 is 0 Å². The Bertz CT molecular complexity index is 508. The van der Waals surface area contributed by atoms with Gasteiger partial charge < -0.3 is 9.64 Å². The minimum Gasteiger partial charge on any atom is -0.497 e. The fraction of sp³-hybridized carbons (Fsp3) is 0.467. The second kappa shape index (κ2) is 5.03. The number of benzene rings is 1. The Morgan fingerprint density at radius 1 is 1.37 bits per heavy atom. The standard InChI is InChI=1S/C15H19NO3/c1-15(2)13(17)8-5-9-16(15)14(18)11-6-4-7-12(10-11)19-3/h4,6-7,10H,5,8-9H2,1-3H3. The fourth-order valence-electron chi connectivity index (χ4n) is 2.40. The molecule has 2 rings (SSSR count). The van der Waals surface area contributed by atoms with Crippen LogP contribution in [0.4, 0.5) is 0 Å². The highest BCUT2D eigenvalue weighted by atomic mass is 16.5. The third-order valence-corrected chi connectivity index (χ3v) is 3.70. The van der Waals surface area contributed by atoms with Crippen LogP contribution in [0.1, 0.15) is 37.0 Å². The number of methoxy groups -OCH3 is 1. The molecule has 0 unspecified atom stereocenters. The molecule has 1 fully saturated rings. The first kappa shape index (κ1) is 13.6. The summed E-state index contributed by atoms with van der Waals surface area (Å²) in [5.41, 5.74) is -0.166. The maximum atomic E-state index is 12.5. The SMILES string of the molecule is COc1cccc(C(=O)N2CCCC(=O)C2(C)C)c1. The molecule has 1 aromatic carbocycles. The van der Waals surface area contributed by atoms with Gasteiger partial charge in [0.2, 0.25) is 0 Å². The van der Waals surface area contributed by atoms with Crippen LogP contribution in [0.25, 0.3) is 0 Å². The van der Waals surface area contributed by atoms with Gasteiger partial charge in [-0.15, -0.1) is 0 Å². The molecule has 1 amide bonds. The van der Waals surface area contributed by atoms with Crippen LogP contribution in [0.5, 0.6) is 5.75 Å². The molecular weight excluding hydrogens is 242 g/mol. The summed E-state index contributed by atoms with van der Waals surface area (Å²) in [5.74, 6) is 0.652. The zero-order chi connectivity index (χ0) is 14.0. The molecule has 0 radical (unpaired) electrons. The number of carbonyl (C=O) groups excluding carboxylic acids is 2. The van der Waals surface area contributed by atoms with Gasteiger partial charge in [0.15, 0.2) is 5.78 Å². The van der Waals surface area contributed by atoms with Crippen molar-refractivity contribution in [2.45, 2.75) is 32.2 Å². The summed E-state index contributed by atoms with van der Waals surface area (Å²) in [7, 11) is 1.57. The molecule has 0 aromatic heterocycles. The molecule has 0 atom stereocenters. The molecule has 1 aliphatic rings. The highest BCUT2D eigenvalue weighted by molar-refractivity contribution is 6.00. The number of Topliss-reactive ketones (excluding diaryl/α,β-unsaturated/α-hetero) is 1. The number of carbonyl (C=O) groups is 2. The normalized spacial score (nSPS) is 18.3. The van der Waals surface area contributed by atoms with Gasteiger partial charge in [0.25, 0.3) is 5.91 Å². The van der Waals surface area contributed by atoms with Crippen molar-refractivity contribution >= 4 is 11.7 Å². The predicted octanol–water partition coefficient (Wildman–Crippen LogP) is 2.28. The lowest BCUT2D eigenvalue weighted by Crippen LogP contribution is -2.56. The van der Waals surface area contributed by atoms with Crippen LogP contribution in [0, 0.1) is 0 Å². The number of ketones is 1.